The van der Waals surface area contributed by atoms with Gasteiger partial charge in [0.05, 0.1) is 6.54 Å². The molecule has 0 fully saturated rings. The smallest absolute Gasteiger partial charge is 0.0551 e. The molecule has 64 valence electrons. The van der Waals surface area contributed by atoms with Crippen molar-refractivity contribution < 1.29 is 0 Å². The Morgan fingerprint density at radius 1 is 1.00 bits per heavy atom. The maximum atomic E-state index is 5.22. The third-order valence-corrected chi connectivity index (χ3v) is 1.63. The van der Waals surface area contributed by atoms with Crippen LogP contribution >= 0.6 is 0 Å². The Balaban J connectivity index is 2.90. The van der Waals surface area contributed by atoms with E-state index in [1.807, 2.05) is 0 Å². The van der Waals surface area contributed by atoms with Crippen molar-refractivity contribution in [1.29, 1.82) is 0 Å². The molecule has 0 heterocycles. The van der Waals surface area contributed by atoms with E-state index in [9.17, 15) is 0 Å². The third kappa shape index (κ3) is 9.52. The van der Waals surface area contributed by atoms with Crippen molar-refractivity contribution in [1.82, 2.24) is 0 Å². The van der Waals surface area contributed by atoms with Gasteiger partial charge in [-0.1, -0.05) is 38.5 Å². The molecule has 1 nitrogen and oxygen atoms in total. The van der Waals surface area contributed by atoms with Crippen LogP contribution in [0.25, 0.3) is 0 Å². The standard InChI is InChI=1S/C10H19N/c1-2-3-4-5-6-7-8-9-10-11/h2-7,10-11H2,1H3. The summed E-state index contributed by atoms with van der Waals surface area (Å²) in [6.07, 6.45) is 7.64. The average Bonchev–Trinajstić information content (AvgIpc) is 2.03. The van der Waals surface area contributed by atoms with E-state index in [-0.39, 0.29) is 0 Å². The normalized spacial score (nSPS) is 8.91. The Labute approximate surface area is 70.4 Å². The summed E-state index contributed by atoms with van der Waals surface area (Å²) in [5, 5.41) is 0. The zero-order valence-corrected chi connectivity index (χ0v) is 7.53. The van der Waals surface area contributed by atoms with Crippen LogP contribution in [-0.2, 0) is 0 Å². The predicted molar refractivity (Wildman–Crippen MR) is 50.2 cm³/mol. The number of rotatable bonds is 5. The molecule has 0 unspecified atom stereocenters. The Morgan fingerprint density at radius 2 is 1.73 bits per heavy atom. The molecule has 11 heavy (non-hydrogen) atoms. The van der Waals surface area contributed by atoms with E-state index in [1.165, 1.54) is 32.1 Å². The maximum Gasteiger partial charge on any atom is 0.0551 e. The highest BCUT2D eigenvalue weighted by Crippen LogP contribution is 2.03. The molecule has 0 aliphatic rings. The van der Waals surface area contributed by atoms with Gasteiger partial charge in [0.25, 0.3) is 0 Å². The van der Waals surface area contributed by atoms with Crippen LogP contribution in [0.15, 0.2) is 0 Å². The van der Waals surface area contributed by atoms with Gasteiger partial charge in [-0.2, -0.15) is 0 Å². The highest BCUT2D eigenvalue weighted by Gasteiger charge is 1.85. The Hall–Kier alpha value is -0.480. The summed E-state index contributed by atoms with van der Waals surface area (Å²) in [5.74, 6) is 5.90. The van der Waals surface area contributed by atoms with E-state index >= 15 is 0 Å². The van der Waals surface area contributed by atoms with Crippen molar-refractivity contribution in [2.45, 2.75) is 45.4 Å². The van der Waals surface area contributed by atoms with Gasteiger partial charge in [-0.25, -0.2) is 0 Å². The van der Waals surface area contributed by atoms with Gasteiger partial charge >= 0.3 is 0 Å². The zero-order chi connectivity index (χ0) is 8.36. The van der Waals surface area contributed by atoms with Crippen LogP contribution in [0.2, 0.25) is 0 Å². The lowest BCUT2D eigenvalue weighted by molar-refractivity contribution is 0.641. The van der Waals surface area contributed by atoms with Crippen LogP contribution in [0.3, 0.4) is 0 Å². The van der Waals surface area contributed by atoms with Gasteiger partial charge in [0.1, 0.15) is 0 Å². The first-order valence-corrected chi connectivity index (χ1v) is 4.57. The number of hydrogen-bond acceptors (Lipinski definition) is 1. The van der Waals surface area contributed by atoms with Crippen molar-refractivity contribution in [3.8, 4) is 11.8 Å². The van der Waals surface area contributed by atoms with Crippen LogP contribution in [0, 0.1) is 11.8 Å². The van der Waals surface area contributed by atoms with E-state index in [4.69, 9.17) is 5.73 Å². The SMILES string of the molecule is CCCCCCCC#CCN. The van der Waals surface area contributed by atoms with Crippen molar-refractivity contribution in [2.24, 2.45) is 5.73 Å². The largest absolute Gasteiger partial charge is 0.320 e. The van der Waals surface area contributed by atoms with Gasteiger partial charge < -0.3 is 5.73 Å². The minimum atomic E-state index is 0.509. The number of nitrogens with two attached hydrogens (primary N) is 1. The first-order chi connectivity index (χ1) is 5.41. The summed E-state index contributed by atoms with van der Waals surface area (Å²) in [4.78, 5) is 0. The molecular formula is C10H19N. The fourth-order valence-corrected chi connectivity index (χ4v) is 0.977. The molecule has 2 N–H and O–H groups in total. The van der Waals surface area contributed by atoms with Crippen molar-refractivity contribution in [2.75, 3.05) is 6.54 Å². The van der Waals surface area contributed by atoms with Gasteiger partial charge in [0.2, 0.25) is 0 Å². The van der Waals surface area contributed by atoms with Crippen LogP contribution in [0.4, 0.5) is 0 Å². The lowest BCUT2D eigenvalue weighted by Crippen LogP contribution is -1.92. The summed E-state index contributed by atoms with van der Waals surface area (Å²) in [6.45, 7) is 2.74. The monoisotopic (exact) mass is 153 g/mol. The first-order valence-electron chi connectivity index (χ1n) is 4.57. The zero-order valence-electron chi connectivity index (χ0n) is 7.53. The molecule has 0 saturated carbocycles. The third-order valence-electron chi connectivity index (χ3n) is 1.63. The Morgan fingerprint density at radius 3 is 2.36 bits per heavy atom. The van der Waals surface area contributed by atoms with Crippen molar-refractivity contribution in [3.05, 3.63) is 0 Å². The molecule has 0 aromatic heterocycles. The quantitative estimate of drug-likeness (QED) is 0.476. The molecule has 0 bridgehead atoms. The molecule has 0 rings (SSSR count). The lowest BCUT2D eigenvalue weighted by atomic mass is 10.1. The van der Waals surface area contributed by atoms with Crippen LogP contribution in [0.5, 0.6) is 0 Å². The maximum absolute atomic E-state index is 5.22. The minimum Gasteiger partial charge on any atom is -0.320 e. The summed E-state index contributed by atoms with van der Waals surface area (Å²) >= 11 is 0. The fourth-order valence-electron chi connectivity index (χ4n) is 0.977. The molecule has 0 aromatic rings. The molecule has 0 amide bonds. The fraction of sp³-hybridized carbons (Fsp3) is 0.800. The molecule has 0 atom stereocenters. The predicted octanol–water partition coefficient (Wildman–Crippen LogP) is 2.31. The molecular weight excluding hydrogens is 134 g/mol. The van der Waals surface area contributed by atoms with Gasteiger partial charge in [-0.3, -0.25) is 0 Å². The van der Waals surface area contributed by atoms with E-state index in [1.54, 1.807) is 0 Å². The van der Waals surface area contributed by atoms with Gasteiger partial charge in [0, 0.05) is 6.42 Å². The first kappa shape index (κ1) is 10.5. The second-order valence-corrected chi connectivity index (χ2v) is 2.72. The van der Waals surface area contributed by atoms with Crippen LogP contribution in [0.1, 0.15) is 45.4 Å². The van der Waals surface area contributed by atoms with Gasteiger partial charge in [-0.15, -0.1) is 5.92 Å². The minimum absolute atomic E-state index is 0.509. The number of unbranched alkanes of at least 4 members (excludes halogenated alkanes) is 5. The Bertz CT molecular complexity index is 119. The van der Waals surface area contributed by atoms with E-state index in [2.05, 4.69) is 18.8 Å². The van der Waals surface area contributed by atoms with E-state index in [0.29, 0.717) is 6.54 Å². The molecule has 1 heteroatoms. The molecule has 0 spiro atoms. The molecule has 0 aliphatic heterocycles. The molecule has 0 radical (unpaired) electrons. The molecule has 0 saturated heterocycles. The highest BCUT2D eigenvalue weighted by molar-refractivity contribution is 4.99. The molecule has 0 aromatic carbocycles. The highest BCUT2D eigenvalue weighted by atomic mass is 14.5. The van der Waals surface area contributed by atoms with E-state index < -0.39 is 0 Å². The summed E-state index contributed by atoms with van der Waals surface area (Å²) in [6, 6.07) is 0. The number of hydrogen-bond donors (Lipinski definition) is 1. The second-order valence-electron chi connectivity index (χ2n) is 2.72. The van der Waals surface area contributed by atoms with Crippen molar-refractivity contribution in [3.63, 3.8) is 0 Å². The summed E-state index contributed by atoms with van der Waals surface area (Å²) in [7, 11) is 0. The van der Waals surface area contributed by atoms with Crippen molar-refractivity contribution >= 4 is 0 Å². The average molecular weight is 153 g/mol. The lowest BCUT2D eigenvalue weighted by Gasteiger charge is -1.94. The molecule has 0 aliphatic carbocycles. The van der Waals surface area contributed by atoms with Crippen LogP contribution in [-0.4, -0.2) is 6.54 Å². The van der Waals surface area contributed by atoms with Gasteiger partial charge in [0.15, 0.2) is 0 Å². The summed E-state index contributed by atoms with van der Waals surface area (Å²) < 4.78 is 0. The summed E-state index contributed by atoms with van der Waals surface area (Å²) in [5.41, 5.74) is 5.22. The Kier molecular flexibility index (Phi) is 9.10. The van der Waals surface area contributed by atoms with Crippen LogP contribution < -0.4 is 5.73 Å². The van der Waals surface area contributed by atoms with Gasteiger partial charge in [-0.05, 0) is 6.42 Å². The second kappa shape index (κ2) is 9.52. The topological polar surface area (TPSA) is 26.0 Å². The van der Waals surface area contributed by atoms with E-state index in [0.717, 1.165) is 6.42 Å².